The Morgan fingerprint density at radius 3 is 3.00 bits per heavy atom. The lowest BCUT2D eigenvalue weighted by molar-refractivity contribution is -0.122. The first-order valence-corrected chi connectivity index (χ1v) is 8.71. The molecular formula is C15H16N4OS2. The second-order valence-electron chi connectivity index (χ2n) is 5.02. The molecule has 0 saturated carbocycles. The van der Waals surface area contributed by atoms with Gasteiger partial charge in [-0.1, -0.05) is 0 Å². The van der Waals surface area contributed by atoms with Crippen LogP contribution in [0.15, 0.2) is 40.9 Å². The number of imidazole rings is 1. The maximum absolute atomic E-state index is 12.2. The standard InChI is InChI=1S/C15H16N4OS2/c1-11-8-22-15(17-11)13(6-12-2-5-21-9-12)18-14(20)7-19-4-3-16-10-19/h2-5,8-10,13H,6-7H2,1H3,(H,18,20). The van der Waals surface area contributed by atoms with E-state index in [1.807, 2.05) is 17.7 Å². The van der Waals surface area contributed by atoms with Crippen molar-refractivity contribution in [2.45, 2.75) is 25.9 Å². The average molecular weight is 332 g/mol. The SMILES string of the molecule is Cc1csc(C(Cc2ccsc2)NC(=O)Cn2ccnc2)n1. The Kier molecular flexibility index (Phi) is 4.65. The molecule has 0 aromatic carbocycles. The van der Waals surface area contributed by atoms with Gasteiger partial charge < -0.3 is 9.88 Å². The highest BCUT2D eigenvalue weighted by atomic mass is 32.1. The van der Waals surface area contributed by atoms with E-state index in [0.717, 1.165) is 17.1 Å². The first-order valence-electron chi connectivity index (χ1n) is 6.89. The van der Waals surface area contributed by atoms with Crippen molar-refractivity contribution in [3.63, 3.8) is 0 Å². The molecule has 1 atom stereocenters. The maximum Gasteiger partial charge on any atom is 0.240 e. The number of carbonyl (C=O) groups is 1. The van der Waals surface area contributed by atoms with Gasteiger partial charge in [0.2, 0.25) is 5.91 Å². The van der Waals surface area contributed by atoms with Crippen molar-refractivity contribution in [2.24, 2.45) is 0 Å². The molecule has 3 rings (SSSR count). The van der Waals surface area contributed by atoms with E-state index in [1.165, 1.54) is 5.56 Å². The molecule has 0 bridgehead atoms. The molecule has 0 radical (unpaired) electrons. The summed E-state index contributed by atoms with van der Waals surface area (Å²) in [5.41, 5.74) is 2.20. The van der Waals surface area contributed by atoms with Crippen molar-refractivity contribution in [1.29, 1.82) is 0 Å². The number of hydrogen-bond donors (Lipinski definition) is 1. The van der Waals surface area contributed by atoms with Gasteiger partial charge in [0.15, 0.2) is 0 Å². The van der Waals surface area contributed by atoms with Gasteiger partial charge in [-0.05, 0) is 29.3 Å². The van der Waals surface area contributed by atoms with Gasteiger partial charge in [0, 0.05) is 29.9 Å². The molecule has 0 spiro atoms. The number of aromatic nitrogens is 3. The quantitative estimate of drug-likeness (QED) is 0.755. The van der Waals surface area contributed by atoms with E-state index in [4.69, 9.17) is 0 Å². The monoisotopic (exact) mass is 332 g/mol. The molecule has 7 heteroatoms. The molecule has 1 amide bonds. The van der Waals surface area contributed by atoms with Crippen LogP contribution in [0.2, 0.25) is 0 Å². The molecule has 1 unspecified atom stereocenters. The van der Waals surface area contributed by atoms with Crippen molar-refractivity contribution < 1.29 is 4.79 Å². The van der Waals surface area contributed by atoms with Crippen molar-refractivity contribution in [1.82, 2.24) is 19.9 Å². The zero-order chi connectivity index (χ0) is 15.4. The third kappa shape index (κ3) is 3.80. The summed E-state index contributed by atoms with van der Waals surface area (Å²) < 4.78 is 1.75. The first kappa shape index (κ1) is 14.9. The highest BCUT2D eigenvalue weighted by Crippen LogP contribution is 2.23. The minimum absolute atomic E-state index is 0.0360. The zero-order valence-corrected chi connectivity index (χ0v) is 13.7. The first-order chi connectivity index (χ1) is 10.7. The van der Waals surface area contributed by atoms with E-state index in [1.54, 1.807) is 46.0 Å². The van der Waals surface area contributed by atoms with Gasteiger partial charge in [-0.25, -0.2) is 9.97 Å². The Labute approximate surface area is 136 Å². The second-order valence-corrected chi connectivity index (χ2v) is 6.69. The van der Waals surface area contributed by atoms with E-state index in [9.17, 15) is 4.79 Å². The zero-order valence-electron chi connectivity index (χ0n) is 12.1. The molecule has 3 aromatic heterocycles. The van der Waals surface area contributed by atoms with Crippen molar-refractivity contribution in [2.75, 3.05) is 0 Å². The van der Waals surface area contributed by atoms with Crippen LogP contribution in [0.25, 0.3) is 0 Å². The molecule has 0 saturated heterocycles. The lowest BCUT2D eigenvalue weighted by atomic mass is 10.1. The summed E-state index contributed by atoms with van der Waals surface area (Å²) in [6.07, 6.45) is 5.84. The molecule has 3 heterocycles. The van der Waals surface area contributed by atoms with Crippen LogP contribution < -0.4 is 5.32 Å². The van der Waals surface area contributed by atoms with Crippen LogP contribution in [0.5, 0.6) is 0 Å². The van der Waals surface area contributed by atoms with E-state index in [2.05, 4.69) is 26.7 Å². The number of nitrogens with zero attached hydrogens (tertiary/aromatic N) is 3. The Morgan fingerprint density at radius 1 is 1.45 bits per heavy atom. The van der Waals surface area contributed by atoms with Crippen molar-refractivity contribution >= 4 is 28.6 Å². The van der Waals surface area contributed by atoms with Gasteiger partial charge in [0.1, 0.15) is 11.6 Å². The summed E-state index contributed by atoms with van der Waals surface area (Å²) in [6, 6.07) is 1.99. The molecule has 114 valence electrons. The van der Waals surface area contributed by atoms with Gasteiger partial charge in [0.25, 0.3) is 0 Å². The molecule has 0 aliphatic heterocycles. The van der Waals surface area contributed by atoms with Gasteiger partial charge in [-0.2, -0.15) is 11.3 Å². The van der Waals surface area contributed by atoms with Gasteiger partial charge in [-0.3, -0.25) is 4.79 Å². The molecule has 0 aliphatic carbocycles. The summed E-state index contributed by atoms with van der Waals surface area (Å²) >= 11 is 3.25. The highest BCUT2D eigenvalue weighted by molar-refractivity contribution is 7.09. The molecule has 22 heavy (non-hydrogen) atoms. The van der Waals surface area contributed by atoms with Crippen molar-refractivity contribution in [3.05, 3.63) is 57.2 Å². The fourth-order valence-corrected chi connectivity index (χ4v) is 3.69. The van der Waals surface area contributed by atoms with Crippen LogP contribution in [0.4, 0.5) is 0 Å². The summed E-state index contributed by atoms with van der Waals surface area (Å²) in [7, 11) is 0. The Hall–Kier alpha value is -1.99. The van der Waals surface area contributed by atoms with E-state index in [-0.39, 0.29) is 18.5 Å². The lowest BCUT2D eigenvalue weighted by Crippen LogP contribution is -2.32. The molecule has 0 fully saturated rings. The van der Waals surface area contributed by atoms with E-state index in [0.29, 0.717) is 0 Å². The van der Waals surface area contributed by atoms with Crippen LogP contribution in [-0.4, -0.2) is 20.4 Å². The smallest absolute Gasteiger partial charge is 0.240 e. The Balaban J connectivity index is 1.71. The van der Waals surface area contributed by atoms with E-state index >= 15 is 0 Å². The van der Waals surface area contributed by atoms with Crippen LogP contribution in [0.3, 0.4) is 0 Å². The minimum atomic E-state index is -0.0932. The lowest BCUT2D eigenvalue weighted by Gasteiger charge is -2.16. The summed E-state index contributed by atoms with van der Waals surface area (Å²) in [5, 5.41) is 10.2. The molecular weight excluding hydrogens is 316 g/mol. The van der Waals surface area contributed by atoms with Crippen molar-refractivity contribution in [3.8, 4) is 0 Å². The minimum Gasteiger partial charge on any atom is -0.345 e. The van der Waals surface area contributed by atoms with Gasteiger partial charge >= 0.3 is 0 Å². The topological polar surface area (TPSA) is 59.8 Å². The Bertz CT molecular complexity index is 719. The van der Waals surface area contributed by atoms with Gasteiger partial charge in [0.05, 0.1) is 12.4 Å². The number of hydrogen-bond acceptors (Lipinski definition) is 5. The third-order valence-electron chi connectivity index (χ3n) is 3.18. The number of rotatable bonds is 6. The largest absolute Gasteiger partial charge is 0.345 e. The van der Waals surface area contributed by atoms with Crippen LogP contribution in [0.1, 0.15) is 22.3 Å². The summed E-state index contributed by atoms with van der Waals surface area (Å²) in [6.45, 7) is 2.24. The predicted molar refractivity (Wildman–Crippen MR) is 88.0 cm³/mol. The maximum atomic E-state index is 12.2. The van der Waals surface area contributed by atoms with Crippen LogP contribution in [-0.2, 0) is 17.8 Å². The number of aryl methyl sites for hydroxylation is 1. The fourth-order valence-electron chi connectivity index (χ4n) is 2.16. The third-order valence-corrected chi connectivity index (χ3v) is 4.98. The average Bonchev–Trinajstić information content (AvgIpc) is 3.20. The van der Waals surface area contributed by atoms with Crippen LogP contribution >= 0.6 is 22.7 Å². The molecule has 5 nitrogen and oxygen atoms in total. The highest BCUT2D eigenvalue weighted by Gasteiger charge is 2.18. The second kappa shape index (κ2) is 6.85. The molecule has 0 aliphatic rings. The number of amides is 1. The fraction of sp³-hybridized carbons (Fsp3) is 0.267. The predicted octanol–water partition coefficient (Wildman–Crippen LogP) is 2.81. The molecule has 3 aromatic rings. The number of nitrogens with one attached hydrogen (secondary N) is 1. The van der Waals surface area contributed by atoms with Gasteiger partial charge in [-0.15, -0.1) is 11.3 Å². The number of thiophene rings is 1. The number of thiazole rings is 1. The molecule has 1 N–H and O–H groups in total. The normalized spacial score (nSPS) is 12.2. The summed E-state index contributed by atoms with van der Waals surface area (Å²) in [5.74, 6) is -0.0360. The Morgan fingerprint density at radius 2 is 2.36 bits per heavy atom. The van der Waals surface area contributed by atoms with E-state index < -0.39 is 0 Å². The van der Waals surface area contributed by atoms with Crippen LogP contribution in [0, 0.1) is 6.92 Å². The number of carbonyl (C=O) groups excluding carboxylic acids is 1. The summed E-state index contributed by atoms with van der Waals surface area (Å²) in [4.78, 5) is 20.7.